The summed E-state index contributed by atoms with van der Waals surface area (Å²) in [5.74, 6) is 1.88. The summed E-state index contributed by atoms with van der Waals surface area (Å²) in [6, 6.07) is 0.306. The van der Waals surface area contributed by atoms with Crippen molar-refractivity contribution in [2.24, 2.45) is 23.7 Å². The highest BCUT2D eigenvalue weighted by Gasteiger charge is 2.29. The number of allylic oxidation sites excluding steroid dienone is 2. The van der Waals surface area contributed by atoms with E-state index in [1.165, 1.54) is 31.3 Å². The Morgan fingerprint density at radius 1 is 1.18 bits per heavy atom. The number of halogens is 2. The Morgan fingerprint density at radius 3 is 2.29 bits per heavy atom. The maximum Gasteiger partial charge on any atom is 0.108 e. The summed E-state index contributed by atoms with van der Waals surface area (Å²) in [6.07, 6.45) is 10.00. The third-order valence-corrected chi connectivity index (χ3v) is 6.89. The molecule has 1 rings (SSSR count). The molecule has 164 valence electrons. The molecule has 0 bridgehead atoms. The minimum atomic E-state index is -1.12. The molecule has 0 amide bonds. The van der Waals surface area contributed by atoms with Gasteiger partial charge in [-0.15, -0.1) is 0 Å². The fraction of sp³-hybridized carbons (Fsp3) is 0.840. The van der Waals surface area contributed by atoms with E-state index < -0.39 is 5.67 Å². The quantitative estimate of drug-likeness (QED) is 0.331. The molecule has 0 aromatic rings. The van der Waals surface area contributed by atoms with Crippen LogP contribution < -0.4 is 5.32 Å². The van der Waals surface area contributed by atoms with Crippen LogP contribution in [-0.2, 0) is 0 Å². The van der Waals surface area contributed by atoms with Gasteiger partial charge in [-0.05, 0) is 95.9 Å². The predicted molar refractivity (Wildman–Crippen MR) is 119 cm³/mol. The van der Waals surface area contributed by atoms with Crippen molar-refractivity contribution in [3.8, 4) is 0 Å². The Kier molecular flexibility index (Phi) is 10.9. The maximum atomic E-state index is 14.0. The highest BCUT2D eigenvalue weighted by Crippen LogP contribution is 2.37. The number of rotatable bonds is 12. The molecule has 1 fully saturated rings. The summed E-state index contributed by atoms with van der Waals surface area (Å²) in [7, 11) is 0. The van der Waals surface area contributed by atoms with Crippen LogP contribution in [0.4, 0.5) is 8.78 Å². The van der Waals surface area contributed by atoms with Crippen molar-refractivity contribution in [2.75, 3.05) is 6.54 Å². The van der Waals surface area contributed by atoms with Crippen LogP contribution in [0.2, 0.25) is 0 Å². The first kappa shape index (κ1) is 25.3. The van der Waals surface area contributed by atoms with E-state index >= 15 is 0 Å². The Bertz CT molecular complexity index is 481. The molecule has 2 atom stereocenters. The van der Waals surface area contributed by atoms with Crippen LogP contribution in [0.5, 0.6) is 0 Å². The van der Waals surface area contributed by atoms with Gasteiger partial charge in [0.15, 0.2) is 0 Å². The first-order chi connectivity index (χ1) is 13.1. The average Bonchev–Trinajstić information content (AvgIpc) is 2.63. The highest BCUT2D eigenvalue weighted by molar-refractivity contribution is 5.12. The summed E-state index contributed by atoms with van der Waals surface area (Å²) in [4.78, 5) is 0. The van der Waals surface area contributed by atoms with Gasteiger partial charge in [0.1, 0.15) is 5.67 Å². The fourth-order valence-corrected chi connectivity index (χ4v) is 4.37. The average molecular weight is 398 g/mol. The molecule has 0 spiro atoms. The summed E-state index contributed by atoms with van der Waals surface area (Å²) in [5, 5.41) is 3.67. The van der Waals surface area contributed by atoms with Crippen molar-refractivity contribution < 1.29 is 8.78 Å². The van der Waals surface area contributed by atoms with Gasteiger partial charge >= 0.3 is 0 Å². The van der Waals surface area contributed by atoms with Crippen LogP contribution in [0, 0.1) is 23.7 Å². The first-order valence-electron chi connectivity index (χ1n) is 11.5. The second-order valence-corrected chi connectivity index (χ2v) is 9.85. The van der Waals surface area contributed by atoms with Crippen molar-refractivity contribution in [3.05, 3.63) is 24.1 Å². The molecule has 1 unspecified atom stereocenters. The van der Waals surface area contributed by atoms with Gasteiger partial charge in [-0.1, -0.05) is 45.4 Å². The number of hydrogen-bond donors (Lipinski definition) is 1. The van der Waals surface area contributed by atoms with E-state index in [-0.39, 0.29) is 11.7 Å². The molecule has 3 heteroatoms. The maximum absolute atomic E-state index is 14.0. The first-order valence-corrected chi connectivity index (χ1v) is 11.5. The van der Waals surface area contributed by atoms with Crippen LogP contribution in [0.1, 0.15) is 92.9 Å². The molecule has 0 saturated heterocycles. The largest absolute Gasteiger partial charge is 0.310 e. The topological polar surface area (TPSA) is 12.0 Å². The van der Waals surface area contributed by atoms with Gasteiger partial charge in [0.25, 0.3) is 0 Å². The SMILES string of the molecule is C=C(C1CCC(CCC/C(F)=C\C)CC1)[C@H](NCCC(C)C(C)(C)F)C(C)C. The van der Waals surface area contributed by atoms with E-state index in [0.29, 0.717) is 24.3 Å². The van der Waals surface area contributed by atoms with Crippen LogP contribution in [-0.4, -0.2) is 18.3 Å². The Labute approximate surface area is 173 Å². The van der Waals surface area contributed by atoms with Crippen molar-refractivity contribution in [1.82, 2.24) is 5.32 Å². The highest BCUT2D eigenvalue weighted by atomic mass is 19.1. The van der Waals surface area contributed by atoms with Crippen molar-refractivity contribution in [2.45, 2.75) is 105 Å². The summed E-state index contributed by atoms with van der Waals surface area (Å²) >= 11 is 0. The molecular formula is C25H45F2N. The van der Waals surface area contributed by atoms with E-state index in [1.54, 1.807) is 26.8 Å². The molecule has 1 saturated carbocycles. The molecule has 0 heterocycles. The minimum absolute atomic E-state index is 0.0263. The lowest BCUT2D eigenvalue weighted by Gasteiger charge is -2.35. The molecule has 0 aromatic heterocycles. The van der Waals surface area contributed by atoms with Gasteiger partial charge in [-0.2, -0.15) is 0 Å². The molecule has 0 radical (unpaired) electrons. The second-order valence-electron chi connectivity index (χ2n) is 9.85. The van der Waals surface area contributed by atoms with Crippen LogP contribution in [0.25, 0.3) is 0 Å². The Balaban J connectivity index is 2.43. The van der Waals surface area contributed by atoms with Crippen LogP contribution in [0.15, 0.2) is 24.1 Å². The van der Waals surface area contributed by atoms with Crippen molar-refractivity contribution in [1.29, 1.82) is 0 Å². The van der Waals surface area contributed by atoms with Crippen LogP contribution >= 0.6 is 0 Å². The molecule has 1 N–H and O–H groups in total. The smallest absolute Gasteiger partial charge is 0.108 e. The van der Waals surface area contributed by atoms with Gasteiger partial charge in [0, 0.05) is 6.04 Å². The molecular weight excluding hydrogens is 352 g/mol. The van der Waals surface area contributed by atoms with Crippen molar-refractivity contribution in [3.63, 3.8) is 0 Å². The molecule has 1 nitrogen and oxygen atoms in total. The molecule has 28 heavy (non-hydrogen) atoms. The number of alkyl halides is 1. The fourth-order valence-electron chi connectivity index (χ4n) is 4.37. The monoisotopic (exact) mass is 397 g/mol. The van der Waals surface area contributed by atoms with E-state index in [2.05, 4.69) is 25.7 Å². The van der Waals surface area contributed by atoms with Gasteiger partial charge < -0.3 is 5.32 Å². The molecule has 1 aliphatic rings. The standard InChI is InChI=1S/C25H45F2N/c1-8-23(26)11-9-10-21-12-14-22(15-13-21)20(5)24(18(2)3)28-17-16-19(4)25(6,7)27/h8,18-19,21-22,24,28H,5,9-17H2,1-4,6-7H3/b23-8+/t19?,21?,22?,24-/m1/s1. The molecule has 1 aliphatic carbocycles. The van der Waals surface area contributed by atoms with Gasteiger partial charge in [0.05, 0.1) is 5.83 Å². The van der Waals surface area contributed by atoms with Gasteiger partial charge in [0.2, 0.25) is 0 Å². The Hall–Kier alpha value is -0.700. The third kappa shape index (κ3) is 8.76. The molecule has 0 aromatic carbocycles. The molecule has 0 aliphatic heterocycles. The van der Waals surface area contributed by atoms with E-state index in [4.69, 9.17) is 0 Å². The van der Waals surface area contributed by atoms with Crippen molar-refractivity contribution >= 4 is 0 Å². The zero-order valence-electron chi connectivity index (χ0n) is 19.3. The van der Waals surface area contributed by atoms with Gasteiger partial charge in [-0.3, -0.25) is 0 Å². The lowest BCUT2D eigenvalue weighted by molar-refractivity contribution is 0.128. The second kappa shape index (κ2) is 12.1. The zero-order chi connectivity index (χ0) is 21.3. The van der Waals surface area contributed by atoms with E-state index in [1.807, 2.05) is 6.92 Å². The summed E-state index contributed by atoms with van der Waals surface area (Å²) in [5.41, 5.74) is 0.209. The van der Waals surface area contributed by atoms with Gasteiger partial charge in [-0.25, -0.2) is 8.78 Å². The predicted octanol–water partition coefficient (Wildman–Crippen LogP) is 7.78. The Morgan fingerprint density at radius 2 is 1.79 bits per heavy atom. The zero-order valence-corrected chi connectivity index (χ0v) is 19.3. The van der Waals surface area contributed by atoms with E-state index in [0.717, 1.165) is 31.7 Å². The lowest BCUT2D eigenvalue weighted by atomic mass is 9.74. The van der Waals surface area contributed by atoms with E-state index in [9.17, 15) is 8.78 Å². The minimum Gasteiger partial charge on any atom is -0.310 e. The third-order valence-electron chi connectivity index (χ3n) is 6.89. The lowest BCUT2D eigenvalue weighted by Crippen LogP contribution is -2.40. The summed E-state index contributed by atoms with van der Waals surface area (Å²) in [6.45, 7) is 16.9. The summed E-state index contributed by atoms with van der Waals surface area (Å²) < 4.78 is 27.3. The number of hydrogen-bond acceptors (Lipinski definition) is 1. The number of nitrogens with one attached hydrogen (secondary N) is 1. The van der Waals surface area contributed by atoms with Crippen LogP contribution in [0.3, 0.4) is 0 Å². The normalized spacial score (nSPS) is 23.7.